The van der Waals surface area contributed by atoms with Gasteiger partial charge in [0.05, 0.1) is 12.6 Å². The molecule has 2 aromatic rings. The fourth-order valence-corrected chi connectivity index (χ4v) is 2.78. The Bertz CT molecular complexity index is 806. The molecule has 0 heterocycles. The van der Waals surface area contributed by atoms with Crippen molar-refractivity contribution in [3.05, 3.63) is 76.7 Å². The Morgan fingerprint density at radius 2 is 1.78 bits per heavy atom. The number of para-hydroxylation sites is 1. The van der Waals surface area contributed by atoms with Gasteiger partial charge in [-0.1, -0.05) is 54.6 Å². The average molecular weight is 579 g/mol. The molecule has 6 heteroatoms. The molecule has 2 aromatic carbocycles. The van der Waals surface area contributed by atoms with Crippen LogP contribution in [0.4, 0.5) is 5.69 Å². The largest absolute Gasteiger partial charge is 0.683 e. The summed E-state index contributed by atoms with van der Waals surface area (Å²) in [6, 6.07) is 19.4. The number of hydrogen-bond donors (Lipinski definition) is 2. The number of Topliss-reactive ketones (excluding diaryl/α,β-unsaturated/α-hetero) is 1. The Morgan fingerprint density at radius 1 is 1.15 bits per heavy atom. The second-order valence-electron chi connectivity index (χ2n) is 6.00. The normalized spacial score (nSPS) is 12.2. The number of allylic oxidation sites excluding steroid dienone is 2. The molecule has 0 fully saturated rings. The van der Waals surface area contributed by atoms with E-state index in [-0.39, 0.29) is 58.3 Å². The van der Waals surface area contributed by atoms with Crippen molar-refractivity contribution < 1.29 is 44.7 Å². The summed E-state index contributed by atoms with van der Waals surface area (Å²) in [6.45, 7) is 3.98. The summed E-state index contributed by atoms with van der Waals surface area (Å²) < 4.78 is 0. The average Bonchev–Trinajstić information content (AvgIpc) is 2.63. The van der Waals surface area contributed by atoms with Crippen LogP contribution in [0.5, 0.6) is 0 Å². The summed E-state index contributed by atoms with van der Waals surface area (Å²) in [5, 5.41) is 16.7. The van der Waals surface area contributed by atoms with Crippen LogP contribution in [0.25, 0.3) is 10.9 Å². The molecular weight excluding hydrogens is 556 g/mol. The molecule has 0 saturated carbocycles. The Balaban J connectivity index is 0.00000364. The molecule has 1 atom stereocenters. The minimum atomic E-state index is -0.0902. The number of hydrogen-bond acceptors (Lipinski definition) is 4. The number of carbonyl (C=O) groups excluding carboxylic acids is 1. The van der Waals surface area contributed by atoms with Crippen molar-refractivity contribution in [2.45, 2.75) is 19.9 Å². The van der Waals surface area contributed by atoms with Gasteiger partial charge in [0.25, 0.3) is 0 Å². The van der Waals surface area contributed by atoms with Gasteiger partial charge in [-0.05, 0) is 25.0 Å². The van der Waals surface area contributed by atoms with E-state index in [0.717, 1.165) is 16.8 Å². The number of carbonyl (C=O) groups is 1. The van der Waals surface area contributed by atoms with Crippen molar-refractivity contribution in [3.63, 3.8) is 0 Å². The van der Waals surface area contributed by atoms with Crippen LogP contribution in [0, 0.1) is 51.3 Å². The van der Waals surface area contributed by atoms with E-state index < -0.39 is 0 Å². The van der Waals surface area contributed by atoms with Gasteiger partial charge >= 0.3 is 0 Å². The summed E-state index contributed by atoms with van der Waals surface area (Å²) in [5.41, 5.74) is 9.57. The maximum Gasteiger partial charge on any atom is 0.162 e. The van der Waals surface area contributed by atoms with Crippen LogP contribution >= 0.6 is 0 Å². The smallest absolute Gasteiger partial charge is 0.162 e. The number of ketones is 1. The van der Waals surface area contributed by atoms with Crippen LogP contribution in [0.2, 0.25) is 0 Å². The molecular formula is C21H23N4OTh-. The standard InChI is InChI=1S/C21H23N4O.Th/c1-15(23)21(16(2)26)18-10-8-17(9-11-18)20(24-13-12-22)14-25-19-6-4-3-5-7-19;/h3-11,20,24H,13-14H2,1-2H3,(H2,23,26);/q-1;. The molecule has 138 valence electrons. The van der Waals surface area contributed by atoms with Gasteiger partial charge in [-0.15, -0.1) is 12.2 Å². The zero-order valence-electron chi connectivity index (χ0n) is 15.6. The van der Waals surface area contributed by atoms with Gasteiger partial charge in [-0.25, -0.2) is 0 Å². The molecule has 0 spiro atoms. The predicted octanol–water partition coefficient (Wildman–Crippen LogP) is 3.82. The van der Waals surface area contributed by atoms with E-state index in [1.807, 2.05) is 54.6 Å². The first-order valence-corrected chi connectivity index (χ1v) is 8.43. The summed E-state index contributed by atoms with van der Waals surface area (Å²) in [5.74, 6) is -0.0593. The topological polar surface area (TPSA) is 93.0 Å². The van der Waals surface area contributed by atoms with Gasteiger partial charge in [0.15, 0.2) is 5.78 Å². The number of nitrogens with one attached hydrogen (secondary N) is 1. The molecule has 0 aromatic heterocycles. The fourth-order valence-electron chi connectivity index (χ4n) is 2.78. The van der Waals surface area contributed by atoms with E-state index in [2.05, 4.69) is 16.7 Å². The first-order chi connectivity index (χ1) is 12.5. The van der Waals surface area contributed by atoms with E-state index in [0.29, 0.717) is 17.8 Å². The Morgan fingerprint density at radius 3 is 2.30 bits per heavy atom. The van der Waals surface area contributed by atoms with Gasteiger partial charge in [0, 0.05) is 57.3 Å². The molecule has 0 amide bonds. The maximum atomic E-state index is 11.8. The number of benzene rings is 2. The Hall–Kier alpha value is -1.78. The second-order valence-corrected chi connectivity index (χ2v) is 6.00. The predicted molar refractivity (Wildman–Crippen MR) is 105 cm³/mol. The van der Waals surface area contributed by atoms with E-state index in [4.69, 9.17) is 11.0 Å². The van der Waals surface area contributed by atoms with Gasteiger partial charge in [0.2, 0.25) is 0 Å². The van der Waals surface area contributed by atoms with Crippen molar-refractivity contribution in [2.75, 3.05) is 13.1 Å². The minimum Gasteiger partial charge on any atom is -0.683 e. The van der Waals surface area contributed by atoms with Crippen LogP contribution < -0.4 is 11.1 Å². The molecule has 0 aliphatic heterocycles. The van der Waals surface area contributed by atoms with Gasteiger partial charge in [-0.3, -0.25) is 10.1 Å². The van der Waals surface area contributed by atoms with Crippen LogP contribution in [0.3, 0.4) is 0 Å². The molecule has 27 heavy (non-hydrogen) atoms. The van der Waals surface area contributed by atoms with Gasteiger partial charge < -0.3 is 11.1 Å². The van der Waals surface area contributed by atoms with E-state index in [1.54, 1.807) is 6.92 Å². The second kappa shape index (κ2) is 11.8. The monoisotopic (exact) mass is 579 g/mol. The first-order valence-electron chi connectivity index (χ1n) is 8.43. The third-order valence-electron chi connectivity index (χ3n) is 3.99. The van der Waals surface area contributed by atoms with Crippen molar-refractivity contribution in [2.24, 2.45) is 5.73 Å². The fraction of sp³-hybridized carbons (Fsp3) is 0.238. The van der Waals surface area contributed by atoms with Gasteiger partial charge in [0.1, 0.15) is 0 Å². The number of nitrogens with zero attached hydrogens (tertiary/aromatic N) is 2. The van der Waals surface area contributed by atoms with Crippen molar-refractivity contribution in [1.82, 2.24) is 5.32 Å². The number of nitriles is 1. The quantitative estimate of drug-likeness (QED) is 0.368. The van der Waals surface area contributed by atoms with Crippen LogP contribution in [0.15, 0.2) is 60.3 Å². The van der Waals surface area contributed by atoms with Crippen molar-refractivity contribution >= 4 is 17.0 Å². The van der Waals surface area contributed by atoms with E-state index >= 15 is 0 Å². The van der Waals surface area contributed by atoms with Crippen molar-refractivity contribution in [3.8, 4) is 6.07 Å². The Labute approximate surface area is 192 Å². The molecule has 0 bridgehead atoms. The van der Waals surface area contributed by atoms with Gasteiger partial charge in [-0.2, -0.15) is 5.26 Å². The summed E-state index contributed by atoms with van der Waals surface area (Å²) >= 11 is 0. The minimum absolute atomic E-state index is 0. The zero-order valence-corrected chi connectivity index (χ0v) is 19.7. The first kappa shape index (κ1) is 23.3. The summed E-state index contributed by atoms with van der Waals surface area (Å²) in [7, 11) is 0. The SMILES string of the molecule is CC(=O)/C(=C(/C)N)c1ccc(C(C[N-]c2ccccc2)NCC#N)cc1.[Th]. The van der Waals surface area contributed by atoms with Crippen LogP contribution in [0.1, 0.15) is 31.0 Å². The molecule has 0 aliphatic rings. The van der Waals surface area contributed by atoms with Crippen LogP contribution in [-0.4, -0.2) is 18.9 Å². The molecule has 5 nitrogen and oxygen atoms in total. The van der Waals surface area contributed by atoms with Crippen molar-refractivity contribution in [1.29, 1.82) is 5.26 Å². The zero-order chi connectivity index (χ0) is 18.9. The molecule has 0 aliphatic carbocycles. The molecule has 0 radical (unpaired) electrons. The van der Waals surface area contributed by atoms with E-state index in [1.165, 1.54) is 6.92 Å². The Kier molecular flexibility index (Phi) is 10.2. The number of rotatable bonds is 8. The maximum absolute atomic E-state index is 11.8. The molecule has 2 rings (SSSR count). The molecule has 3 N–H and O–H groups in total. The molecule has 1 unspecified atom stereocenters. The summed E-state index contributed by atoms with van der Waals surface area (Å²) in [6.07, 6.45) is 0. The van der Waals surface area contributed by atoms with E-state index in [9.17, 15) is 4.79 Å². The number of nitrogens with two attached hydrogens (primary N) is 1. The third kappa shape index (κ3) is 7.04. The third-order valence-corrected chi connectivity index (χ3v) is 3.99. The summed E-state index contributed by atoms with van der Waals surface area (Å²) in [4.78, 5) is 11.8. The van der Waals surface area contributed by atoms with Crippen LogP contribution in [-0.2, 0) is 4.79 Å². The molecule has 0 saturated heterocycles.